The Bertz CT molecular complexity index is 771. The smallest absolute Gasteiger partial charge is 0.267 e. The molecule has 0 fully saturated rings. The molecule has 0 unspecified atom stereocenters. The van der Waals surface area contributed by atoms with Gasteiger partial charge in [0.1, 0.15) is 11.6 Å². The first-order valence-electron chi connectivity index (χ1n) is 8.89. The van der Waals surface area contributed by atoms with Crippen molar-refractivity contribution < 1.29 is 4.79 Å². The lowest BCUT2D eigenvalue weighted by Gasteiger charge is -2.08. The van der Waals surface area contributed by atoms with Crippen molar-refractivity contribution in [2.75, 3.05) is 11.9 Å². The molecule has 0 aromatic heterocycles. The normalized spacial score (nSPS) is 11.1. The van der Waals surface area contributed by atoms with Gasteiger partial charge in [-0.05, 0) is 42.0 Å². The first-order valence-corrected chi connectivity index (χ1v) is 8.89. The Kier molecular flexibility index (Phi) is 7.45. The maximum Gasteiger partial charge on any atom is 0.267 e. The number of aryl methyl sites for hydroxylation is 1. The number of hydrogen-bond donors (Lipinski definition) is 2. The van der Waals surface area contributed by atoms with Crippen LogP contribution in [0.5, 0.6) is 0 Å². The van der Waals surface area contributed by atoms with E-state index in [-0.39, 0.29) is 5.57 Å². The highest BCUT2D eigenvalue weighted by atomic mass is 16.1. The largest absolute Gasteiger partial charge is 0.390 e. The number of carbonyl (C=O) groups excluding carboxylic acids is 1. The highest BCUT2D eigenvalue weighted by molar-refractivity contribution is 6.06. The molecule has 0 aliphatic rings. The van der Waals surface area contributed by atoms with Crippen LogP contribution in [0.4, 0.5) is 5.69 Å². The van der Waals surface area contributed by atoms with Crippen LogP contribution in [-0.4, -0.2) is 12.5 Å². The zero-order valence-corrected chi connectivity index (χ0v) is 15.3. The Balaban J connectivity index is 1.81. The molecular weight excluding hydrogens is 322 g/mol. The van der Waals surface area contributed by atoms with Crippen molar-refractivity contribution in [3.8, 4) is 6.07 Å². The van der Waals surface area contributed by atoms with E-state index in [0.29, 0.717) is 18.2 Å². The number of benzene rings is 2. The summed E-state index contributed by atoms with van der Waals surface area (Å²) in [6.07, 6.45) is 3.37. The average molecular weight is 347 g/mol. The third-order valence-electron chi connectivity index (χ3n) is 4.08. The highest BCUT2D eigenvalue weighted by Crippen LogP contribution is 2.17. The monoisotopic (exact) mass is 347 g/mol. The molecule has 26 heavy (non-hydrogen) atoms. The van der Waals surface area contributed by atoms with Gasteiger partial charge in [0.2, 0.25) is 0 Å². The van der Waals surface area contributed by atoms with Crippen LogP contribution in [0.3, 0.4) is 0 Å². The van der Waals surface area contributed by atoms with Crippen molar-refractivity contribution in [2.24, 2.45) is 0 Å². The minimum Gasteiger partial charge on any atom is -0.390 e. The molecule has 2 N–H and O–H groups in total. The third kappa shape index (κ3) is 6.10. The minimum atomic E-state index is -0.402. The molecule has 0 saturated carbocycles. The van der Waals surface area contributed by atoms with Crippen molar-refractivity contribution in [1.29, 1.82) is 5.26 Å². The summed E-state index contributed by atoms with van der Waals surface area (Å²) in [5.74, 6) is 0.0368. The summed E-state index contributed by atoms with van der Waals surface area (Å²) in [6, 6.07) is 19.9. The van der Waals surface area contributed by atoms with Crippen LogP contribution in [0.25, 0.3) is 0 Å². The Morgan fingerprint density at radius 2 is 1.81 bits per heavy atom. The van der Waals surface area contributed by atoms with E-state index in [4.69, 9.17) is 0 Å². The van der Waals surface area contributed by atoms with Crippen molar-refractivity contribution in [3.63, 3.8) is 0 Å². The van der Waals surface area contributed by atoms with Gasteiger partial charge in [0, 0.05) is 18.4 Å². The number of nitrogens with zero attached hydrogens (tertiary/aromatic N) is 1. The van der Waals surface area contributed by atoms with Gasteiger partial charge in [-0.1, -0.05) is 56.3 Å². The summed E-state index contributed by atoms with van der Waals surface area (Å²) in [6.45, 7) is 4.94. The first kappa shape index (κ1) is 19.3. The Morgan fingerprint density at radius 3 is 2.42 bits per heavy atom. The molecule has 0 atom stereocenters. The van der Waals surface area contributed by atoms with Gasteiger partial charge < -0.3 is 10.6 Å². The van der Waals surface area contributed by atoms with E-state index in [9.17, 15) is 10.1 Å². The molecule has 1 amide bonds. The lowest BCUT2D eigenvalue weighted by molar-refractivity contribution is -0.112. The number of nitrogens with one attached hydrogen (secondary N) is 2. The number of amides is 1. The zero-order chi connectivity index (χ0) is 18.8. The van der Waals surface area contributed by atoms with E-state index >= 15 is 0 Å². The van der Waals surface area contributed by atoms with Crippen molar-refractivity contribution >= 4 is 11.6 Å². The fourth-order valence-corrected chi connectivity index (χ4v) is 2.51. The molecular formula is C22H25N3O. The fraction of sp³-hybridized carbons (Fsp3) is 0.273. The zero-order valence-electron chi connectivity index (χ0n) is 15.3. The second-order valence-corrected chi connectivity index (χ2v) is 6.44. The molecule has 2 aromatic rings. The first-order chi connectivity index (χ1) is 12.6. The van der Waals surface area contributed by atoms with Crippen LogP contribution in [0.1, 0.15) is 37.3 Å². The lowest BCUT2D eigenvalue weighted by Crippen LogP contribution is -2.17. The van der Waals surface area contributed by atoms with E-state index in [2.05, 4.69) is 36.6 Å². The summed E-state index contributed by atoms with van der Waals surface area (Å²) < 4.78 is 0. The predicted molar refractivity (Wildman–Crippen MR) is 106 cm³/mol. The van der Waals surface area contributed by atoms with E-state index in [1.54, 1.807) is 0 Å². The average Bonchev–Trinajstić information content (AvgIpc) is 2.66. The maximum atomic E-state index is 12.2. The summed E-state index contributed by atoms with van der Waals surface area (Å²) in [7, 11) is 0. The molecule has 0 radical (unpaired) electrons. The minimum absolute atomic E-state index is 0.0673. The number of nitriles is 1. The molecule has 4 heteroatoms. The van der Waals surface area contributed by atoms with Crippen LogP contribution < -0.4 is 10.6 Å². The van der Waals surface area contributed by atoms with Crippen molar-refractivity contribution in [3.05, 3.63) is 77.5 Å². The second-order valence-electron chi connectivity index (χ2n) is 6.44. The molecule has 0 bridgehead atoms. The number of anilines is 1. The van der Waals surface area contributed by atoms with Crippen molar-refractivity contribution in [2.45, 2.75) is 32.6 Å². The van der Waals surface area contributed by atoms with Gasteiger partial charge in [-0.3, -0.25) is 4.79 Å². The van der Waals surface area contributed by atoms with Crippen LogP contribution in [0, 0.1) is 11.3 Å². The third-order valence-corrected chi connectivity index (χ3v) is 4.08. The standard InChI is InChI=1S/C22H25N3O/c1-17(2)19-10-12-21(13-11-19)25-22(26)20(15-23)16-24-14-6-9-18-7-4-3-5-8-18/h3-5,7-8,10-13,16-17,24H,6,9,14H2,1-2H3,(H,25,26)/b20-16-. The molecule has 4 nitrogen and oxygen atoms in total. The summed E-state index contributed by atoms with van der Waals surface area (Å²) >= 11 is 0. The topological polar surface area (TPSA) is 64.9 Å². The van der Waals surface area contributed by atoms with Crippen molar-refractivity contribution in [1.82, 2.24) is 5.32 Å². The lowest BCUT2D eigenvalue weighted by atomic mass is 10.0. The van der Waals surface area contributed by atoms with Gasteiger partial charge in [-0.25, -0.2) is 0 Å². The Hall–Kier alpha value is -3.06. The molecule has 2 rings (SSSR count). The molecule has 0 spiro atoms. The van der Waals surface area contributed by atoms with Crippen LogP contribution in [0.2, 0.25) is 0 Å². The Labute approximate surface area is 155 Å². The summed E-state index contributed by atoms with van der Waals surface area (Å²) in [5.41, 5.74) is 3.24. The van der Waals surface area contributed by atoms with Gasteiger partial charge in [-0.15, -0.1) is 0 Å². The second kappa shape index (κ2) is 10.0. The fourth-order valence-electron chi connectivity index (χ4n) is 2.51. The molecule has 0 aliphatic heterocycles. The summed E-state index contributed by atoms with van der Waals surface area (Å²) in [4.78, 5) is 12.2. The number of carbonyl (C=O) groups is 1. The maximum absolute atomic E-state index is 12.2. The molecule has 0 heterocycles. The van der Waals surface area contributed by atoms with E-state index in [0.717, 1.165) is 12.8 Å². The quantitative estimate of drug-likeness (QED) is 0.423. The van der Waals surface area contributed by atoms with Gasteiger partial charge in [-0.2, -0.15) is 5.26 Å². The molecule has 0 aliphatic carbocycles. The summed E-state index contributed by atoms with van der Waals surface area (Å²) in [5, 5.41) is 15.0. The van der Waals surface area contributed by atoms with Gasteiger partial charge >= 0.3 is 0 Å². The molecule has 0 saturated heterocycles. The number of hydrogen-bond acceptors (Lipinski definition) is 3. The van der Waals surface area contributed by atoms with E-state index in [1.165, 1.54) is 17.3 Å². The van der Waals surface area contributed by atoms with E-state index < -0.39 is 5.91 Å². The molecule has 134 valence electrons. The van der Waals surface area contributed by atoms with Gasteiger partial charge in [0.15, 0.2) is 0 Å². The predicted octanol–water partition coefficient (Wildman–Crippen LogP) is 4.38. The number of rotatable bonds is 8. The van der Waals surface area contributed by atoms with E-state index in [1.807, 2.05) is 48.5 Å². The van der Waals surface area contributed by atoms with Crippen LogP contribution in [-0.2, 0) is 11.2 Å². The van der Waals surface area contributed by atoms with Gasteiger partial charge in [0.25, 0.3) is 5.91 Å². The van der Waals surface area contributed by atoms with Crippen LogP contribution in [0.15, 0.2) is 66.4 Å². The Morgan fingerprint density at radius 1 is 1.12 bits per heavy atom. The molecule has 2 aromatic carbocycles. The van der Waals surface area contributed by atoms with Crippen LogP contribution >= 0.6 is 0 Å². The van der Waals surface area contributed by atoms with Gasteiger partial charge in [0.05, 0.1) is 0 Å². The SMILES string of the molecule is CC(C)c1ccc(NC(=O)/C(C#N)=C\NCCCc2ccccc2)cc1. The highest BCUT2D eigenvalue weighted by Gasteiger charge is 2.09.